The third-order valence-corrected chi connectivity index (χ3v) is 2.92. The predicted octanol–water partition coefficient (Wildman–Crippen LogP) is 4.24. The van der Waals surface area contributed by atoms with Crippen molar-refractivity contribution in [3.05, 3.63) is 35.0 Å². The minimum Gasteiger partial charge on any atom is -0.492 e. The highest BCUT2D eigenvalue weighted by Crippen LogP contribution is 2.30. The SMILES string of the molecule is CCCc1cc(Cl)c2cccc(OCC)c2n1. The lowest BCUT2D eigenvalue weighted by Gasteiger charge is -2.09. The molecule has 1 aromatic heterocycles. The van der Waals surface area contributed by atoms with Crippen LogP contribution in [0, 0.1) is 0 Å². The van der Waals surface area contributed by atoms with E-state index in [1.54, 1.807) is 0 Å². The molecule has 90 valence electrons. The molecule has 0 saturated carbocycles. The highest BCUT2D eigenvalue weighted by Gasteiger charge is 2.08. The Hall–Kier alpha value is -1.28. The van der Waals surface area contributed by atoms with Crippen LogP contribution in [0.4, 0.5) is 0 Å². The van der Waals surface area contributed by atoms with Gasteiger partial charge in [0.15, 0.2) is 0 Å². The van der Waals surface area contributed by atoms with Gasteiger partial charge in [0, 0.05) is 11.1 Å². The van der Waals surface area contributed by atoms with Crippen molar-refractivity contribution < 1.29 is 4.74 Å². The normalized spacial score (nSPS) is 10.8. The van der Waals surface area contributed by atoms with Crippen LogP contribution in [0.1, 0.15) is 26.0 Å². The fourth-order valence-corrected chi connectivity index (χ4v) is 2.16. The number of ether oxygens (including phenoxy) is 1. The number of nitrogens with zero attached hydrogens (tertiary/aromatic N) is 1. The van der Waals surface area contributed by atoms with Crippen LogP contribution in [0.2, 0.25) is 5.02 Å². The zero-order valence-electron chi connectivity index (χ0n) is 10.2. The van der Waals surface area contributed by atoms with Gasteiger partial charge < -0.3 is 4.74 Å². The van der Waals surface area contributed by atoms with Gasteiger partial charge in [-0.3, -0.25) is 0 Å². The summed E-state index contributed by atoms with van der Waals surface area (Å²) >= 11 is 6.27. The summed E-state index contributed by atoms with van der Waals surface area (Å²) in [6.07, 6.45) is 2.00. The summed E-state index contributed by atoms with van der Waals surface area (Å²) in [6, 6.07) is 7.80. The van der Waals surface area contributed by atoms with Crippen LogP contribution in [-0.2, 0) is 6.42 Å². The molecule has 0 atom stereocenters. The molecule has 0 aliphatic heterocycles. The lowest BCUT2D eigenvalue weighted by atomic mass is 10.1. The van der Waals surface area contributed by atoms with Crippen LogP contribution >= 0.6 is 11.6 Å². The number of aryl methyl sites for hydroxylation is 1. The summed E-state index contributed by atoms with van der Waals surface area (Å²) in [5.41, 5.74) is 1.89. The minimum atomic E-state index is 0.635. The molecule has 2 rings (SSSR count). The number of hydrogen-bond acceptors (Lipinski definition) is 2. The van der Waals surface area contributed by atoms with Crippen LogP contribution in [-0.4, -0.2) is 11.6 Å². The smallest absolute Gasteiger partial charge is 0.145 e. The van der Waals surface area contributed by atoms with Gasteiger partial charge in [-0.15, -0.1) is 0 Å². The van der Waals surface area contributed by atoms with Gasteiger partial charge in [0.2, 0.25) is 0 Å². The van der Waals surface area contributed by atoms with Crippen molar-refractivity contribution >= 4 is 22.5 Å². The average molecular weight is 250 g/mol. The highest BCUT2D eigenvalue weighted by atomic mass is 35.5. The van der Waals surface area contributed by atoms with E-state index in [4.69, 9.17) is 16.3 Å². The van der Waals surface area contributed by atoms with Crippen molar-refractivity contribution in [3.63, 3.8) is 0 Å². The first-order valence-corrected chi connectivity index (χ1v) is 6.35. The number of halogens is 1. The first-order chi connectivity index (χ1) is 8.26. The molecule has 0 aliphatic rings. The van der Waals surface area contributed by atoms with Crippen LogP contribution in [0.3, 0.4) is 0 Å². The Morgan fingerprint density at radius 3 is 2.82 bits per heavy atom. The number of benzene rings is 1. The molecular formula is C14H16ClNO. The van der Waals surface area contributed by atoms with E-state index in [1.807, 2.05) is 31.2 Å². The summed E-state index contributed by atoms with van der Waals surface area (Å²) in [5.74, 6) is 0.810. The number of para-hydroxylation sites is 1. The Kier molecular flexibility index (Phi) is 3.85. The first-order valence-electron chi connectivity index (χ1n) is 5.97. The van der Waals surface area contributed by atoms with Gasteiger partial charge in [-0.05, 0) is 25.5 Å². The van der Waals surface area contributed by atoms with Crippen molar-refractivity contribution in [1.82, 2.24) is 4.98 Å². The maximum Gasteiger partial charge on any atom is 0.145 e. The molecule has 3 heteroatoms. The van der Waals surface area contributed by atoms with Gasteiger partial charge in [-0.25, -0.2) is 4.98 Å². The van der Waals surface area contributed by atoms with Crippen LogP contribution < -0.4 is 4.74 Å². The van der Waals surface area contributed by atoms with Crippen LogP contribution in [0.5, 0.6) is 5.75 Å². The lowest BCUT2D eigenvalue weighted by molar-refractivity contribution is 0.343. The summed E-state index contributed by atoms with van der Waals surface area (Å²) in [5, 5.41) is 1.71. The summed E-state index contributed by atoms with van der Waals surface area (Å²) in [6.45, 7) is 4.74. The maximum atomic E-state index is 6.27. The Bertz CT molecular complexity index is 525. The second-order valence-electron chi connectivity index (χ2n) is 3.93. The van der Waals surface area contributed by atoms with E-state index in [0.717, 1.165) is 40.2 Å². The van der Waals surface area contributed by atoms with Crippen molar-refractivity contribution in [2.75, 3.05) is 6.61 Å². The summed E-state index contributed by atoms with van der Waals surface area (Å²) in [7, 11) is 0. The molecule has 17 heavy (non-hydrogen) atoms. The van der Waals surface area contributed by atoms with E-state index in [-0.39, 0.29) is 0 Å². The average Bonchev–Trinajstić information content (AvgIpc) is 2.31. The quantitative estimate of drug-likeness (QED) is 0.809. The molecule has 0 spiro atoms. The van der Waals surface area contributed by atoms with Crippen molar-refractivity contribution in [2.45, 2.75) is 26.7 Å². The van der Waals surface area contributed by atoms with Crippen molar-refractivity contribution in [3.8, 4) is 5.75 Å². The molecule has 0 fully saturated rings. The molecule has 1 heterocycles. The summed E-state index contributed by atoms with van der Waals surface area (Å²) in [4.78, 5) is 4.63. The van der Waals surface area contributed by atoms with Gasteiger partial charge in [0.25, 0.3) is 0 Å². The Morgan fingerprint density at radius 1 is 1.29 bits per heavy atom. The molecule has 0 unspecified atom stereocenters. The zero-order chi connectivity index (χ0) is 12.3. The number of rotatable bonds is 4. The molecule has 0 radical (unpaired) electrons. The molecule has 0 bridgehead atoms. The molecule has 2 nitrogen and oxygen atoms in total. The molecule has 0 amide bonds. The fraction of sp³-hybridized carbons (Fsp3) is 0.357. The highest BCUT2D eigenvalue weighted by molar-refractivity contribution is 6.35. The van der Waals surface area contributed by atoms with Gasteiger partial charge in [0.05, 0.1) is 11.6 Å². The van der Waals surface area contributed by atoms with Crippen LogP contribution in [0.15, 0.2) is 24.3 Å². The molecule has 0 saturated heterocycles. The number of pyridine rings is 1. The third kappa shape index (κ3) is 2.52. The van der Waals surface area contributed by atoms with E-state index in [2.05, 4.69) is 11.9 Å². The zero-order valence-corrected chi connectivity index (χ0v) is 10.9. The van der Waals surface area contributed by atoms with E-state index in [0.29, 0.717) is 6.61 Å². The topological polar surface area (TPSA) is 22.1 Å². The van der Waals surface area contributed by atoms with Gasteiger partial charge >= 0.3 is 0 Å². The standard InChI is InChI=1S/C14H16ClNO/c1-3-6-10-9-12(15)11-7-5-8-13(17-4-2)14(11)16-10/h5,7-9H,3-4,6H2,1-2H3. The monoisotopic (exact) mass is 249 g/mol. The largest absolute Gasteiger partial charge is 0.492 e. The third-order valence-electron chi connectivity index (χ3n) is 2.61. The van der Waals surface area contributed by atoms with Crippen LogP contribution in [0.25, 0.3) is 10.9 Å². The number of hydrogen-bond donors (Lipinski definition) is 0. The second kappa shape index (κ2) is 5.37. The van der Waals surface area contributed by atoms with E-state index in [9.17, 15) is 0 Å². The maximum absolute atomic E-state index is 6.27. The molecular weight excluding hydrogens is 234 g/mol. The predicted molar refractivity (Wildman–Crippen MR) is 71.9 cm³/mol. The van der Waals surface area contributed by atoms with Crippen molar-refractivity contribution in [2.24, 2.45) is 0 Å². The van der Waals surface area contributed by atoms with E-state index in [1.165, 1.54) is 0 Å². The number of aromatic nitrogens is 1. The molecule has 0 N–H and O–H groups in total. The lowest BCUT2D eigenvalue weighted by Crippen LogP contribution is -1.96. The molecule has 0 aliphatic carbocycles. The van der Waals surface area contributed by atoms with E-state index < -0.39 is 0 Å². The minimum absolute atomic E-state index is 0.635. The first kappa shape index (κ1) is 12.2. The molecule has 2 aromatic rings. The summed E-state index contributed by atoms with van der Waals surface area (Å²) < 4.78 is 5.59. The van der Waals surface area contributed by atoms with Gasteiger partial charge in [0.1, 0.15) is 11.3 Å². The van der Waals surface area contributed by atoms with Crippen molar-refractivity contribution in [1.29, 1.82) is 0 Å². The fourth-order valence-electron chi connectivity index (χ4n) is 1.89. The van der Waals surface area contributed by atoms with Gasteiger partial charge in [-0.2, -0.15) is 0 Å². The Morgan fingerprint density at radius 2 is 2.12 bits per heavy atom. The second-order valence-corrected chi connectivity index (χ2v) is 4.34. The number of fused-ring (bicyclic) bond motifs is 1. The Labute approximate surface area is 107 Å². The molecule has 1 aromatic carbocycles. The Balaban J connectivity index is 2.60. The van der Waals surface area contributed by atoms with E-state index >= 15 is 0 Å². The van der Waals surface area contributed by atoms with Gasteiger partial charge in [-0.1, -0.05) is 37.1 Å².